The molecule has 114 valence electrons. The molecule has 2 atom stereocenters. The summed E-state index contributed by atoms with van der Waals surface area (Å²) in [6.45, 7) is 5.65. The third-order valence-electron chi connectivity index (χ3n) is 3.90. The molecule has 0 N–H and O–H groups in total. The van der Waals surface area contributed by atoms with E-state index in [0.29, 0.717) is 0 Å². The summed E-state index contributed by atoms with van der Waals surface area (Å²) in [4.78, 5) is 2.27. The third kappa shape index (κ3) is 2.36. The van der Waals surface area contributed by atoms with E-state index in [1.54, 1.807) is 15.9 Å². The van der Waals surface area contributed by atoms with Crippen molar-refractivity contribution in [2.75, 3.05) is 18.0 Å². The lowest BCUT2D eigenvalue weighted by Gasteiger charge is -2.37. The summed E-state index contributed by atoms with van der Waals surface area (Å²) in [7, 11) is 0. The van der Waals surface area contributed by atoms with E-state index in [9.17, 15) is 0 Å². The Bertz CT molecular complexity index is 784. The fourth-order valence-corrected chi connectivity index (χ4v) is 3.54. The van der Waals surface area contributed by atoms with Crippen molar-refractivity contribution in [2.24, 2.45) is 0 Å². The number of morpholine rings is 1. The molecular formula is C15H17N5OS. The Labute approximate surface area is 132 Å². The molecule has 4 rings (SSSR count). The topological polar surface area (TPSA) is 55.5 Å². The van der Waals surface area contributed by atoms with E-state index < -0.39 is 0 Å². The van der Waals surface area contributed by atoms with E-state index >= 15 is 0 Å². The first-order valence-electron chi connectivity index (χ1n) is 7.32. The zero-order chi connectivity index (χ0) is 15.1. The van der Waals surface area contributed by atoms with Gasteiger partial charge in [0.1, 0.15) is 11.9 Å². The van der Waals surface area contributed by atoms with Gasteiger partial charge in [0.05, 0.1) is 6.10 Å². The second kappa shape index (κ2) is 5.33. The van der Waals surface area contributed by atoms with Gasteiger partial charge >= 0.3 is 0 Å². The number of ether oxygens (including phenoxy) is 1. The second-order valence-electron chi connectivity index (χ2n) is 5.61. The van der Waals surface area contributed by atoms with Crippen LogP contribution in [0, 0.1) is 6.92 Å². The van der Waals surface area contributed by atoms with Gasteiger partial charge in [0, 0.05) is 13.1 Å². The van der Waals surface area contributed by atoms with Crippen LogP contribution in [0.1, 0.15) is 24.4 Å². The first-order valence-corrected chi connectivity index (χ1v) is 8.26. The predicted molar refractivity (Wildman–Crippen MR) is 85.3 cm³/mol. The van der Waals surface area contributed by atoms with Crippen molar-refractivity contribution < 1.29 is 4.74 Å². The van der Waals surface area contributed by atoms with Gasteiger partial charge in [0.2, 0.25) is 0 Å². The zero-order valence-corrected chi connectivity index (χ0v) is 13.3. The molecule has 3 aromatic rings. The second-order valence-corrected chi connectivity index (χ2v) is 6.39. The van der Waals surface area contributed by atoms with Crippen molar-refractivity contribution in [3.63, 3.8) is 0 Å². The summed E-state index contributed by atoms with van der Waals surface area (Å²) >= 11 is 1.70. The molecule has 3 aromatic heterocycles. The highest BCUT2D eigenvalue weighted by atomic mass is 32.1. The van der Waals surface area contributed by atoms with Crippen LogP contribution in [0.5, 0.6) is 0 Å². The Morgan fingerprint density at radius 2 is 2.14 bits per heavy atom. The summed E-state index contributed by atoms with van der Waals surface area (Å²) in [5.74, 6) is 1.73. The molecule has 7 heteroatoms. The van der Waals surface area contributed by atoms with Crippen molar-refractivity contribution in [3.05, 3.63) is 40.3 Å². The predicted octanol–water partition coefficient (Wildman–Crippen LogP) is 2.46. The number of anilines is 1. The van der Waals surface area contributed by atoms with Crippen molar-refractivity contribution in [3.8, 4) is 0 Å². The first-order chi connectivity index (χ1) is 10.7. The smallest absolute Gasteiger partial charge is 0.178 e. The average Bonchev–Trinajstić information content (AvgIpc) is 3.17. The quantitative estimate of drug-likeness (QED) is 0.727. The lowest BCUT2D eigenvalue weighted by Crippen LogP contribution is -2.43. The van der Waals surface area contributed by atoms with Crippen molar-refractivity contribution >= 4 is 22.8 Å². The van der Waals surface area contributed by atoms with Gasteiger partial charge in [0.25, 0.3) is 0 Å². The van der Waals surface area contributed by atoms with Gasteiger partial charge in [-0.25, -0.2) is 0 Å². The highest BCUT2D eigenvalue weighted by molar-refractivity contribution is 7.07. The molecule has 0 unspecified atom stereocenters. The van der Waals surface area contributed by atoms with E-state index in [4.69, 9.17) is 4.74 Å². The summed E-state index contributed by atoms with van der Waals surface area (Å²) in [5, 5.41) is 17.1. The van der Waals surface area contributed by atoms with Gasteiger partial charge < -0.3 is 9.64 Å². The van der Waals surface area contributed by atoms with Crippen molar-refractivity contribution in [1.82, 2.24) is 19.8 Å². The van der Waals surface area contributed by atoms with E-state index in [1.165, 1.54) is 5.56 Å². The Morgan fingerprint density at radius 1 is 1.23 bits per heavy atom. The molecule has 0 saturated carbocycles. The first kappa shape index (κ1) is 13.7. The maximum absolute atomic E-state index is 6.08. The summed E-state index contributed by atoms with van der Waals surface area (Å²) < 4.78 is 7.87. The molecule has 0 spiro atoms. The van der Waals surface area contributed by atoms with Crippen LogP contribution in [0.4, 0.5) is 5.82 Å². The Hall–Kier alpha value is -1.99. The molecule has 6 nitrogen and oxygen atoms in total. The number of hydrogen-bond acceptors (Lipinski definition) is 6. The number of aryl methyl sites for hydroxylation is 1. The number of hydrogen-bond donors (Lipinski definition) is 0. The number of rotatable bonds is 2. The Balaban J connectivity index is 1.66. The summed E-state index contributed by atoms with van der Waals surface area (Å²) in [6.07, 6.45) is 0.257. The minimum Gasteiger partial charge on any atom is -0.367 e. The fraction of sp³-hybridized carbons (Fsp3) is 0.400. The largest absolute Gasteiger partial charge is 0.367 e. The maximum atomic E-state index is 6.08. The summed E-state index contributed by atoms with van der Waals surface area (Å²) in [5.41, 5.74) is 2.01. The van der Waals surface area contributed by atoms with Crippen LogP contribution in [0.3, 0.4) is 0 Å². The van der Waals surface area contributed by atoms with E-state index in [2.05, 4.69) is 43.9 Å². The number of thiophene rings is 1. The number of nitrogens with zero attached hydrogens (tertiary/aromatic N) is 5. The van der Waals surface area contributed by atoms with Crippen LogP contribution in [-0.2, 0) is 4.74 Å². The Morgan fingerprint density at radius 3 is 2.95 bits per heavy atom. The number of aromatic nitrogens is 4. The zero-order valence-electron chi connectivity index (χ0n) is 12.5. The average molecular weight is 315 g/mol. The molecule has 0 amide bonds. The fourth-order valence-electron chi connectivity index (χ4n) is 2.84. The van der Waals surface area contributed by atoms with Crippen molar-refractivity contribution in [1.29, 1.82) is 0 Å². The molecular weight excluding hydrogens is 298 g/mol. The van der Waals surface area contributed by atoms with Gasteiger partial charge in [-0.3, -0.25) is 0 Å². The molecule has 1 aliphatic heterocycles. The van der Waals surface area contributed by atoms with Crippen LogP contribution in [0.2, 0.25) is 0 Å². The van der Waals surface area contributed by atoms with E-state index in [1.807, 2.05) is 19.1 Å². The third-order valence-corrected chi connectivity index (χ3v) is 4.61. The lowest BCUT2D eigenvalue weighted by atomic mass is 10.1. The summed E-state index contributed by atoms with van der Waals surface area (Å²) in [6, 6.07) is 6.10. The van der Waals surface area contributed by atoms with Gasteiger partial charge in [0.15, 0.2) is 11.5 Å². The highest BCUT2D eigenvalue weighted by Crippen LogP contribution is 2.29. The van der Waals surface area contributed by atoms with E-state index in [0.717, 1.165) is 30.4 Å². The van der Waals surface area contributed by atoms with Crippen molar-refractivity contribution in [2.45, 2.75) is 26.1 Å². The normalized spacial score (nSPS) is 22.4. The molecule has 0 radical (unpaired) electrons. The molecule has 22 heavy (non-hydrogen) atoms. The maximum Gasteiger partial charge on any atom is 0.178 e. The van der Waals surface area contributed by atoms with Gasteiger partial charge in [-0.1, -0.05) is 0 Å². The molecule has 0 bridgehead atoms. The van der Waals surface area contributed by atoms with Gasteiger partial charge in [-0.15, -0.1) is 15.3 Å². The van der Waals surface area contributed by atoms with Crippen LogP contribution >= 0.6 is 11.3 Å². The lowest BCUT2D eigenvalue weighted by molar-refractivity contribution is -0.0174. The minimum absolute atomic E-state index is 0.0921. The monoisotopic (exact) mass is 315 g/mol. The molecule has 4 heterocycles. The molecule has 1 fully saturated rings. The number of fused-ring (bicyclic) bond motifs is 1. The molecule has 0 aromatic carbocycles. The molecule has 0 aliphatic carbocycles. The molecule has 1 saturated heterocycles. The van der Waals surface area contributed by atoms with Crippen LogP contribution in [0.25, 0.3) is 5.65 Å². The SMILES string of the molecule is Cc1nnc2ccc(N3C[C@@H](c4ccsc4)O[C@@H](C)C3)nn12. The molecule has 1 aliphatic rings. The Kier molecular flexibility index (Phi) is 3.31. The standard InChI is InChI=1S/C15H17N5OS/c1-10-7-19(8-13(21-10)12-5-6-22-9-12)15-4-3-14-17-16-11(2)20(14)18-15/h3-6,9-10,13H,7-8H2,1-2H3/t10-,13-/m0/s1. The van der Waals surface area contributed by atoms with Crippen LogP contribution in [-0.4, -0.2) is 39.0 Å². The minimum atomic E-state index is 0.0921. The van der Waals surface area contributed by atoms with E-state index in [-0.39, 0.29) is 12.2 Å². The van der Waals surface area contributed by atoms with Gasteiger partial charge in [-0.05, 0) is 48.4 Å². The van der Waals surface area contributed by atoms with Crippen LogP contribution in [0.15, 0.2) is 29.0 Å². The van der Waals surface area contributed by atoms with Crippen LogP contribution < -0.4 is 4.90 Å². The van der Waals surface area contributed by atoms with Gasteiger partial charge in [-0.2, -0.15) is 15.9 Å². The highest BCUT2D eigenvalue weighted by Gasteiger charge is 2.27.